The van der Waals surface area contributed by atoms with E-state index < -0.39 is 23.2 Å². The molecule has 8 heteroatoms. The summed E-state index contributed by atoms with van der Waals surface area (Å²) >= 11 is 0.880. The maximum atomic E-state index is 11.3. The van der Waals surface area contributed by atoms with Gasteiger partial charge in [0, 0.05) is 6.92 Å². The van der Waals surface area contributed by atoms with E-state index in [1.807, 2.05) is 0 Å². The number of carbonyl (C=O) groups excluding carboxylic acids is 2. The Labute approximate surface area is 107 Å². The molecule has 4 N–H and O–H groups in total. The van der Waals surface area contributed by atoms with Gasteiger partial charge >= 0.3 is 5.97 Å². The summed E-state index contributed by atoms with van der Waals surface area (Å²) in [5.74, 6) is -2.30. The number of nitrogens with zero attached hydrogens (tertiary/aromatic N) is 1. The van der Waals surface area contributed by atoms with Gasteiger partial charge in [-0.05, 0) is 13.8 Å². The summed E-state index contributed by atoms with van der Waals surface area (Å²) in [7, 11) is 0. The van der Waals surface area contributed by atoms with E-state index in [2.05, 4.69) is 10.3 Å². The molecule has 0 radical (unpaired) electrons. The van der Waals surface area contributed by atoms with Gasteiger partial charge in [-0.1, -0.05) is 11.3 Å². The van der Waals surface area contributed by atoms with E-state index in [4.69, 9.17) is 10.8 Å². The molecule has 1 aromatic heterocycles. The van der Waals surface area contributed by atoms with E-state index in [0.717, 1.165) is 11.3 Å². The lowest BCUT2D eigenvalue weighted by molar-refractivity contribution is -0.121. The van der Waals surface area contributed by atoms with Gasteiger partial charge in [-0.3, -0.25) is 9.59 Å². The van der Waals surface area contributed by atoms with E-state index in [1.165, 1.54) is 20.8 Å². The number of Topliss-reactive ketones (excluding diaryl/α,β-unsaturated/α-hetero) is 1. The quantitative estimate of drug-likeness (QED) is 0.678. The maximum absolute atomic E-state index is 11.3. The molecule has 18 heavy (non-hydrogen) atoms. The van der Waals surface area contributed by atoms with E-state index in [-0.39, 0.29) is 15.7 Å². The molecule has 0 bridgehead atoms. The number of anilines is 1. The summed E-state index contributed by atoms with van der Waals surface area (Å²) < 4.78 is 0. The molecule has 0 spiro atoms. The number of hydrogen-bond acceptors (Lipinski definition) is 6. The summed E-state index contributed by atoms with van der Waals surface area (Å²) in [5, 5.41) is 11.8. The standard InChI is InChI=1S/C10H13N3O4S/c1-4(14)6-5(7(15)16)12-9(18-6)13-10(2,3)8(11)17/h1-3H3,(H2,11,17)(H,12,13)(H,15,16). The number of carboxylic acid groups (broad SMARTS) is 1. The molecule has 0 aliphatic rings. The molecule has 7 nitrogen and oxygen atoms in total. The Kier molecular flexibility index (Phi) is 3.70. The first-order chi connectivity index (χ1) is 8.15. The van der Waals surface area contributed by atoms with Crippen molar-refractivity contribution >= 4 is 34.1 Å². The molecular formula is C10H13N3O4S. The van der Waals surface area contributed by atoms with Crippen molar-refractivity contribution in [1.29, 1.82) is 0 Å². The second-order valence-electron chi connectivity index (χ2n) is 4.17. The van der Waals surface area contributed by atoms with Crippen molar-refractivity contribution in [1.82, 2.24) is 4.98 Å². The summed E-state index contributed by atoms with van der Waals surface area (Å²) in [6, 6.07) is 0. The van der Waals surface area contributed by atoms with Crippen LogP contribution in [-0.4, -0.2) is 33.3 Å². The zero-order chi connectivity index (χ0) is 14.1. The third kappa shape index (κ3) is 2.83. The summed E-state index contributed by atoms with van der Waals surface area (Å²) in [6.07, 6.45) is 0. The van der Waals surface area contributed by atoms with E-state index in [0.29, 0.717) is 0 Å². The number of hydrogen-bond donors (Lipinski definition) is 3. The van der Waals surface area contributed by atoms with E-state index >= 15 is 0 Å². The minimum absolute atomic E-state index is 0.0327. The molecule has 0 aromatic carbocycles. The first kappa shape index (κ1) is 14.1. The second-order valence-corrected chi connectivity index (χ2v) is 5.17. The second kappa shape index (κ2) is 4.73. The fourth-order valence-corrected chi connectivity index (χ4v) is 2.10. The van der Waals surface area contributed by atoms with Crippen LogP contribution in [0, 0.1) is 0 Å². The van der Waals surface area contributed by atoms with Crippen molar-refractivity contribution in [2.24, 2.45) is 5.73 Å². The minimum Gasteiger partial charge on any atom is -0.476 e. The maximum Gasteiger partial charge on any atom is 0.356 e. The molecule has 0 saturated heterocycles. The van der Waals surface area contributed by atoms with Crippen molar-refractivity contribution < 1.29 is 19.5 Å². The number of rotatable bonds is 5. The summed E-state index contributed by atoms with van der Waals surface area (Å²) in [6.45, 7) is 4.32. The van der Waals surface area contributed by atoms with Crippen molar-refractivity contribution in [3.05, 3.63) is 10.6 Å². The van der Waals surface area contributed by atoms with Crippen LogP contribution in [0.5, 0.6) is 0 Å². The van der Waals surface area contributed by atoms with E-state index in [9.17, 15) is 14.4 Å². The smallest absolute Gasteiger partial charge is 0.356 e. The number of carbonyl (C=O) groups is 3. The predicted octanol–water partition coefficient (Wildman–Crippen LogP) is 0.720. The SMILES string of the molecule is CC(=O)c1sc(NC(C)(C)C(N)=O)nc1C(=O)O. The van der Waals surface area contributed by atoms with Crippen LogP contribution in [0.4, 0.5) is 5.13 Å². The Balaban J connectivity index is 3.14. The average Bonchev–Trinajstić information content (AvgIpc) is 2.60. The van der Waals surface area contributed by atoms with Gasteiger partial charge in [0.15, 0.2) is 16.6 Å². The van der Waals surface area contributed by atoms with Crippen molar-refractivity contribution in [3.8, 4) is 0 Å². The Hall–Kier alpha value is -1.96. The molecular weight excluding hydrogens is 258 g/mol. The number of thiazole rings is 1. The Morgan fingerprint density at radius 1 is 1.39 bits per heavy atom. The van der Waals surface area contributed by atoms with Crippen LogP contribution >= 0.6 is 11.3 Å². The van der Waals surface area contributed by atoms with Crippen LogP contribution in [0.3, 0.4) is 0 Å². The molecule has 0 fully saturated rings. The van der Waals surface area contributed by atoms with Gasteiger partial charge in [0.2, 0.25) is 5.91 Å². The lowest BCUT2D eigenvalue weighted by Gasteiger charge is -2.21. The van der Waals surface area contributed by atoms with Crippen LogP contribution in [0.1, 0.15) is 40.9 Å². The van der Waals surface area contributed by atoms with Crippen LogP contribution in [-0.2, 0) is 4.79 Å². The lowest BCUT2D eigenvalue weighted by Crippen LogP contribution is -2.45. The Morgan fingerprint density at radius 2 is 1.94 bits per heavy atom. The van der Waals surface area contributed by atoms with Gasteiger partial charge in [-0.2, -0.15) is 0 Å². The Morgan fingerprint density at radius 3 is 2.28 bits per heavy atom. The van der Waals surface area contributed by atoms with Crippen molar-refractivity contribution in [2.45, 2.75) is 26.3 Å². The largest absolute Gasteiger partial charge is 0.476 e. The topological polar surface area (TPSA) is 122 Å². The van der Waals surface area contributed by atoms with Gasteiger partial charge in [0.05, 0.1) is 0 Å². The number of aromatic nitrogens is 1. The molecule has 0 unspecified atom stereocenters. The summed E-state index contributed by atoms with van der Waals surface area (Å²) in [5.41, 5.74) is 3.77. The minimum atomic E-state index is -1.29. The highest BCUT2D eigenvalue weighted by atomic mass is 32.1. The molecule has 0 atom stereocenters. The third-order valence-corrected chi connectivity index (χ3v) is 3.26. The number of nitrogens with one attached hydrogen (secondary N) is 1. The Bertz CT molecular complexity index is 490. The van der Waals surface area contributed by atoms with E-state index in [1.54, 1.807) is 0 Å². The molecule has 1 heterocycles. The normalized spacial score (nSPS) is 11.1. The zero-order valence-corrected chi connectivity index (χ0v) is 10.9. The first-order valence-corrected chi connectivity index (χ1v) is 5.80. The molecule has 1 aromatic rings. The van der Waals surface area contributed by atoms with Gasteiger partial charge in [0.25, 0.3) is 0 Å². The highest BCUT2D eigenvalue weighted by Gasteiger charge is 2.28. The lowest BCUT2D eigenvalue weighted by atomic mass is 10.1. The molecule has 1 amide bonds. The number of amides is 1. The van der Waals surface area contributed by atoms with Gasteiger partial charge in [0.1, 0.15) is 10.4 Å². The summed E-state index contributed by atoms with van der Waals surface area (Å²) in [4.78, 5) is 37.1. The predicted molar refractivity (Wildman–Crippen MR) is 66.0 cm³/mol. The van der Waals surface area contributed by atoms with Gasteiger partial charge in [-0.15, -0.1) is 0 Å². The highest BCUT2D eigenvalue weighted by molar-refractivity contribution is 7.17. The van der Waals surface area contributed by atoms with Crippen molar-refractivity contribution in [3.63, 3.8) is 0 Å². The molecule has 98 valence electrons. The molecule has 0 aliphatic carbocycles. The monoisotopic (exact) mass is 271 g/mol. The number of nitrogens with two attached hydrogens (primary N) is 1. The van der Waals surface area contributed by atoms with Crippen LogP contribution in [0.15, 0.2) is 0 Å². The molecule has 0 aliphatic heterocycles. The highest BCUT2D eigenvalue weighted by Crippen LogP contribution is 2.26. The average molecular weight is 271 g/mol. The van der Waals surface area contributed by atoms with Crippen LogP contribution in [0.2, 0.25) is 0 Å². The number of ketones is 1. The van der Waals surface area contributed by atoms with Crippen LogP contribution in [0.25, 0.3) is 0 Å². The molecule has 1 rings (SSSR count). The fourth-order valence-electron chi connectivity index (χ4n) is 1.09. The third-order valence-electron chi connectivity index (χ3n) is 2.18. The van der Waals surface area contributed by atoms with Gasteiger partial charge < -0.3 is 16.2 Å². The van der Waals surface area contributed by atoms with Crippen molar-refractivity contribution in [2.75, 3.05) is 5.32 Å². The number of aromatic carboxylic acids is 1. The number of carboxylic acids is 1. The number of primary amides is 1. The first-order valence-electron chi connectivity index (χ1n) is 4.98. The molecule has 0 saturated carbocycles. The van der Waals surface area contributed by atoms with Gasteiger partial charge in [-0.25, -0.2) is 9.78 Å². The zero-order valence-electron chi connectivity index (χ0n) is 10.1. The van der Waals surface area contributed by atoms with Crippen LogP contribution < -0.4 is 11.1 Å². The fraction of sp³-hybridized carbons (Fsp3) is 0.400.